The number of nitrogens with one attached hydrogen (secondary N) is 1. The Hall–Kier alpha value is -2.39. The number of H-pyrrole nitrogens is 1. The third-order valence-corrected chi connectivity index (χ3v) is 3.23. The highest BCUT2D eigenvalue weighted by Crippen LogP contribution is 2.24. The van der Waals surface area contributed by atoms with Crippen molar-refractivity contribution in [3.8, 4) is 0 Å². The Morgan fingerprint density at radius 1 is 1.00 bits per heavy atom. The molecule has 94 valence electrons. The van der Waals surface area contributed by atoms with Crippen molar-refractivity contribution in [2.24, 2.45) is 0 Å². The summed E-state index contributed by atoms with van der Waals surface area (Å²) < 4.78 is 0. The van der Waals surface area contributed by atoms with Crippen molar-refractivity contribution in [2.75, 3.05) is 0 Å². The van der Waals surface area contributed by atoms with Crippen LogP contribution < -0.4 is 0 Å². The van der Waals surface area contributed by atoms with Gasteiger partial charge < -0.3 is 10.1 Å². The van der Waals surface area contributed by atoms with Gasteiger partial charge in [0.25, 0.3) is 0 Å². The smallest absolute Gasteiger partial charge is 0.209 e. The molecule has 0 saturated heterocycles. The monoisotopic (exact) mass is 251 g/mol. The molecule has 0 amide bonds. The molecule has 3 rings (SSSR count). The molecule has 19 heavy (non-hydrogen) atoms. The molecule has 0 atom stereocenters. The lowest BCUT2D eigenvalue weighted by Gasteiger charge is -2.01. The number of hydrogen-bond donors (Lipinski definition) is 2. The summed E-state index contributed by atoms with van der Waals surface area (Å²) in [6.45, 7) is -0.155. The molecule has 1 aromatic heterocycles. The second-order valence-electron chi connectivity index (χ2n) is 4.38. The number of aromatic nitrogens is 1. The number of aromatic amines is 1. The van der Waals surface area contributed by atoms with E-state index >= 15 is 0 Å². The van der Waals surface area contributed by atoms with Crippen molar-refractivity contribution in [1.29, 1.82) is 0 Å². The molecule has 0 unspecified atom stereocenters. The zero-order valence-corrected chi connectivity index (χ0v) is 10.3. The van der Waals surface area contributed by atoms with Crippen LogP contribution in [-0.4, -0.2) is 15.9 Å². The summed E-state index contributed by atoms with van der Waals surface area (Å²) in [5.74, 6) is -0.0964. The number of para-hydroxylation sites is 1. The molecular weight excluding hydrogens is 238 g/mol. The van der Waals surface area contributed by atoms with Gasteiger partial charge in [0.05, 0.1) is 12.3 Å². The largest absolute Gasteiger partial charge is 0.392 e. The zero-order valence-electron chi connectivity index (χ0n) is 10.3. The molecule has 0 aliphatic heterocycles. The van der Waals surface area contributed by atoms with E-state index in [1.54, 1.807) is 12.1 Å². The molecule has 0 aliphatic carbocycles. The molecule has 3 aromatic rings. The normalized spacial score (nSPS) is 10.8. The van der Waals surface area contributed by atoms with E-state index in [2.05, 4.69) is 4.98 Å². The predicted molar refractivity (Wildman–Crippen MR) is 74.1 cm³/mol. The van der Waals surface area contributed by atoms with Crippen LogP contribution in [0.25, 0.3) is 10.9 Å². The lowest BCUT2D eigenvalue weighted by Crippen LogP contribution is -2.04. The molecule has 2 aromatic carbocycles. The lowest BCUT2D eigenvalue weighted by molar-refractivity contribution is 0.103. The third kappa shape index (κ3) is 1.94. The van der Waals surface area contributed by atoms with Crippen LogP contribution in [0.3, 0.4) is 0 Å². The van der Waals surface area contributed by atoms with E-state index in [-0.39, 0.29) is 12.4 Å². The molecule has 2 N–H and O–H groups in total. The molecule has 0 bridgehead atoms. The van der Waals surface area contributed by atoms with Crippen LogP contribution in [0.4, 0.5) is 0 Å². The summed E-state index contributed by atoms with van der Waals surface area (Å²) in [5, 5.41) is 10.4. The van der Waals surface area contributed by atoms with Gasteiger partial charge in [0.1, 0.15) is 0 Å². The van der Waals surface area contributed by atoms with E-state index < -0.39 is 0 Å². The average molecular weight is 251 g/mol. The second kappa shape index (κ2) is 4.71. The first-order valence-electron chi connectivity index (χ1n) is 6.11. The first-order chi connectivity index (χ1) is 9.31. The summed E-state index contributed by atoms with van der Waals surface area (Å²) >= 11 is 0. The van der Waals surface area contributed by atoms with Gasteiger partial charge in [0, 0.05) is 22.0 Å². The van der Waals surface area contributed by atoms with E-state index in [1.165, 1.54) is 0 Å². The number of ketones is 1. The fraction of sp³-hybridized carbons (Fsp3) is 0.0625. The van der Waals surface area contributed by atoms with Gasteiger partial charge >= 0.3 is 0 Å². The van der Waals surface area contributed by atoms with Gasteiger partial charge in [-0.1, -0.05) is 48.5 Å². The van der Waals surface area contributed by atoms with Gasteiger partial charge in [-0.25, -0.2) is 0 Å². The van der Waals surface area contributed by atoms with Crippen molar-refractivity contribution < 1.29 is 9.90 Å². The highest BCUT2D eigenvalue weighted by molar-refractivity contribution is 6.11. The van der Waals surface area contributed by atoms with Crippen molar-refractivity contribution in [1.82, 2.24) is 4.98 Å². The number of hydrogen-bond acceptors (Lipinski definition) is 2. The topological polar surface area (TPSA) is 53.1 Å². The van der Waals surface area contributed by atoms with Crippen molar-refractivity contribution in [3.63, 3.8) is 0 Å². The van der Waals surface area contributed by atoms with Gasteiger partial charge in [0.2, 0.25) is 5.78 Å². The molecule has 3 nitrogen and oxygen atoms in total. The van der Waals surface area contributed by atoms with Gasteiger partial charge in [-0.05, 0) is 6.07 Å². The van der Waals surface area contributed by atoms with E-state index in [9.17, 15) is 9.90 Å². The van der Waals surface area contributed by atoms with Crippen LogP contribution in [0.2, 0.25) is 0 Å². The predicted octanol–water partition coefficient (Wildman–Crippen LogP) is 2.89. The minimum absolute atomic E-state index is 0.0964. The number of carbonyl (C=O) groups is 1. The standard InChI is InChI=1S/C16H13NO2/c18-10-13-12-8-4-5-9-14(12)17-15(13)16(19)11-6-2-1-3-7-11/h1-9,17-18H,10H2. The Kier molecular flexibility index (Phi) is 2.89. The maximum absolute atomic E-state index is 12.5. The quantitative estimate of drug-likeness (QED) is 0.703. The van der Waals surface area contributed by atoms with Gasteiger partial charge in [0.15, 0.2) is 0 Å². The van der Waals surface area contributed by atoms with Crippen molar-refractivity contribution in [3.05, 3.63) is 71.4 Å². The van der Waals surface area contributed by atoms with Crippen LogP contribution in [0.5, 0.6) is 0 Å². The number of aliphatic hydroxyl groups is 1. The summed E-state index contributed by atoms with van der Waals surface area (Å²) in [6, 6.07) is 16.7. The van der Waals surface area contributed by atoms with Crippen LogP contribution in [0, 0.1) is 0 Å². The minimum Gasteiger partial charge on any atom is -0.392 e. The Morgan fingerprint density at radius 2 is 1.68 bits per heavy atom. The summed E-state index contributed by atoms with van der Waals surface area (Å²) in [5.41, 5.74) is 2.61. The summed E-state index contributed by atoms with van der Waals surface area (Å²) in [6.07, 6.45) is 0. The number of benzene rings is 2. The highest BCUT2D eigenvalue weighted by Gasteiger charge is 2.17. The highest BCUT2D eigenvalue weighted by atomic mass is 16.3. The van der Waals surface area contributed by atoms with Crippen molar-refractivity contribution in [2.45, 2.75) is 6.61 Å². The van der Waals surface area contributed by atoms with Crippen molar-refractivity contribution >= 4 is 16.7 Å². The molecule has 0 radical (unpaired) electrons. The van der Waals surface area contributed by atoms with Crippen LogP contribution >= 0.6 is 0 Å². The Bertz CT molecular complexity index is 729. The second-order valence-corrected chi connectivity index (χ2v) is 4.38. The molecule has 0 spiro atoms. The van der Waals surface area contributed by atoms with Gasteiger partial charge in [-0.15, -0.1) is 0 Å². The van der Waals surface area contributed by atoms with Crippen LogP contribution in [0.15, 0.2) is 54.6 Å². The SMILES string of the molecule is O=C(c1ccccc1)c1[nH]c2ccccc2c1CO. The molecule has 1 heterocycles. The third-order valence-electron chi connectivity index (χ3n) is 3.23. The first-order valence-corrected chi connectivity index (χ1v) is 6.11. The number of rotatable bonds is 3. The minimum atomic E-state index is -0.155. The van der Waals surface area contributed by atoms with Crippen LogP contribution in [0.1, 0.15) is 21.6 Å². The van der Waals surface area contributed by atoms with E-state index in [0.29, 0.717) is 16.8 Å². The Morgan fingerprint density at radius 3 is 2.42 bits per heavy atom. The Balaban J connectivity index is 2.17. The van der Waals surface area contributed by atoms with E-state index in [0.717, 1.165) is 10.9 Å². The fourth-order valence-corrected chi connectivity index (χ4v) is 2.29. The fourth-order valence-electron chi connectivity index (χ4n) is 2.29. The molecule has 3 heteroatoms. The molecule has 0 aliphatic rings. The molecule has 0 saturated carbocycles. The lowest BCUT2D eigenvalue weighted by atomic mass is 10.0. The average Bonchev–Trinajstić information content (AvgIpc) is 2.85. The maximum Gasteiger partial charge on any atom is 0.209 e. The molecule has 0 fully saturated rings. The van der Waals surface area contributed by atoms with E-state index in [1.807, 2.05) is 42.5 Å². The molecular formula is C16H13NO2. The number of aliphatic hydroxyl groups excluding tert-OH is 1. The number of fused-ring (bicyclic) bond motifs is 1. The Labute approximate surface area is 110 Å². The van der Waals surface area contributed by atoms with Gasteiger partial charge in [-0.2, -0.15) is 0 Å². The maximum atomic E-state index is 12.5. The van der Waals surface area contributed by atoms with Crippen LogP contribution in [-0.2, 0) is 6.61 Å². The summed E-state index contributed by atoms with van der Waals surface area (Å²) in [7, 11) is 0. The first kappa shape index (κ1) is 11.7. The summed E-state index contributed by atoms with van der Waals surface area (Å²) in [4.78, 5) is 15.6. The van der Waals surface area contributed by atoms with E-state index in [4.69, 9.17) is 0 Å². The van der Waals surface area contributed by atoms with Gasteiger partial charge in [-0.3, -0.25) is 4.79 Å². The zero-order chi connectivity index (χ0) is 13.2. The number of carbonyl (C=O) groups excluding carboxylic acids is 1.